The number of benzene rings is 3. The van der Waals surface area contributed by atoms with Gasteiger partial charge in [0, 0.05) is 23.4 Å². The van der Waals surface area contributed by atoms with Gasteiger partial charge in [-0.05, 0) is 79.8 Å². The molecule has 0 aromatic heterocycles. The molecular formula is C26H25N3O3S. The maximum absolute atomic E-state index is 13.3. The number of fused-ring (bicyclic) bond motifs is 1. The normalized spacial score (nSPS) is 18.7. The molecule has 168 valence electrons. The van der Waals surface area contributed by atoms with Gasteiger partial charge in [-0.3, -0.25) is 4.79 Å². The summed E-state index contributed by atoms with van der Waals surface area (Å²) < 4.78 is 28.4. The maximum atomic E-state index is 13.3. The van der Waals surface area contributed by atoms with E-state index in [4.69, 9.17) is 0 Å². The summed E-state index contributed by atoms with van der Waals surface area (Å²) in [4.78, 5) is 15.4. The number of carbonyl (C=O) groups is 1. The number of hydrogen-bond acceptors (Lipinski definition) is 4. The van der Waals surface area contributed by atoms with Crippen LogP contribution in [0.1, 0.15) is 51.5 Å². The molecule has 1 atom stereocenters. The number of amidine groups is 1. The highest BCUT2D eigenvalue weighted by atomic mass is 32.2. The Bertz CT molecular complexity index is 1380. The third kappa shape index (κ3) is 3.93. The Balaban J connectivity index is 1.34. The Morgan fingerprint density at radius 3 is 2.52 bits per heavy atom. The summed E-state index contributed by atoms with van der Waals surface area (Å²) in [5.41, 5.74) is 5.50. The van der Waals surface area contributed by atoms with E-state index < -0.39 is 10.0 Å². The zero-order chi connectivity index (χ0) is 23.2. The van der Waals surface area contributed by atoms with Crippen molar-refractivity contribution in [2.45, 2.75) is 37.6 Å². The van der Waals surface area contributed by atoms with E-state index in [-0.39, 0.29) is 16.8 Å². The van der Waals surface area contributed by atoms with E-state index in [2.05, 4.69) is 41.8 Å². The van der Waals surface area contributed by atoms with Crippen LogP contribution in [0.2, 0.25) is 0 Å². The van der Waals surface area contributed by atoms with Gasteiger partial charge in [0.05, 0.1) is 6.04 Å². The van der Waals surface area contributed by atoms with Gasteiger partial charge >= 0.3 is 0 Å². The molecule has 3 aromatic carbocycles. The van der Waals surface area contributed by atoms with Gasteiger partial charge < -0.3 is 10.2 Å². The van der Waals surface area contributed by atoms with Crippen molar-refractivity contribution in [3.8, 4) is 0 Å². The first-order chi connectivity index (χ1) is 15.8. The van der Waals surface area contributed by atoms with E-state index in [9.17, 15) is 13.2 Å². The SMILES string of the molecule is Cc1ccc(C2CCCN2C(=O)c2ccc(NC3=NS(=O)(=O)c4ccccc43)cc2)cc1C. The number of nitrogens with one attached hydrogen (secondary N) is 1. The second-order valence-corrected chi connectivity index (χ2v) is 10.2. The molecule has 33 heavy (non-hydrogen) atoms. The van der Waals surface area contributed by atoms with E-state index in [0.717, 1.165) is 19.4 Å². The fraction of sp³-hybridized carbons (Fsp3) is 0.231. The van der Waals surface area contributed by atoms with Gasteiger partial charge in [-0.15, -0.1) is 4.40 Å². The fourth-order valence-corrected chi connectivity index (χ4v) is 5.70. The summed E-state index contributed by atoms with van der Waals surface area (Å²) in [5.74, 6) is 0.299. The Morgan fingerprint density at radius 1 is 1.00 bits per heavy atom. The first kappa shape index (κ1) is 21.4. The average Bonchev–Trinajstić information content (AvgIpc) is 3.39. The third-order valence-corrected chi connectivity index (χ3v) is 7.79. The molecule has 2 aliphatic heterocycles. The molecule has 6 nitrogen and oxygen atoms in total. The Kier molecular flexibility index (Phi) is 5.29. The van der Waals surface area contributed by atoms with Crippen molar-refractivity contribution in [1.29, 1.82) is 0 Å². The van der Waals surface area contributed by atoms with Crippen molar-refractivity contribution in [1.82, 2.24) is 4.90 Å². The van der Waals surface area contributed by atoms with E-state index in [1.165, 1.54) is 16.7 Å². The number of likely N-dealkylation sites (tertiary alicyclic amines) is 1. The molecule has 1 amide bonds. The molecule has 7 heteroatoms. The highest BCUT2D eigenvalue weighted by molar-refractivity contribution is 7.90. The summed E-state index contributed by atoms with van der Waals surface area (Å²) in [6.07, 6.45) is 1.94. The second-order valence-electron chi connectivity index (χ2n) is 8.61. The number of aryl methyl sites for hydroxylation is 2. The van der Waals surface area contributed by atoms with E-state index in [0.29, 0.717) is 22.6 Å². The topological polar surface area (TPSA) is 78.8 Å². The Hall–Kier alpha value is -3.45. The molecule has 3 aromatic rings. The molecule has 1 fully saturated rings. The van der Waals surface area contributed by atoms with Crippen LogP contribution in [-0.2, 0) is 10.0 Å². The van der Waals surface area contributed by atoms with Gasteiger partial charge in [-0.1, -0.05) is 30.3 Å². The summed E-state index contributed by atoms with van der Waals surface area (Å²) >= 11 is 0. The minimum atomic E-state index is -3.68. The van der Waals surface area contributed by atoms with Crippen LogP contribution in [0.5, 0.6) is 0 Å². The van der Waals surface area contributed by atoms with Crippen molar-refractivity contribution in [3.63, 3.8) is 0 Å². The summed E-state index contributed by atoms with van der Waals surface area (Å²) in [7, 11) is -3.68. The summed E-state index contributed by atoms with van der Waals surface area (Å²) in [5, 5.41) is 3.08. The predicted molar refractivity (Wildman–Crippen MR) is 129 cm³/mol. The van der Waals surface area contributed by atoms with Crippen LogP contribution in [0.25, 0.3) is 0 Å². The van der Waals surface area contributed by atoms with Gasteiger partial charge in [0.25, 0.3) is 15.9 Å². The Labute approximate surface area is 194 Å². The van der Waals surface area contributed by atoms with Crippen LogP contribution in [0.3, 0.4) is 0 Å². The van der Waals surface area contributed by atoms with Gasteiger partial charge in [0.1, 0.15) is 4.90 Å². The van der Waals surface area contributed by atoms with Crippen molar-refractivity contribution in [2.75, 3.05) is 11.9 Å². The highest BCUT2D eigenvalue weighted by Gasteiger charge is 2.31. The van der Waals surface area contributed by atoms with E-state index >= 15 is 0 Å². The van der Waals surface area contributed by atoms with Crippen LogP contribution in [0.15, 0.2) is 76.0 Å². The molecule has 2 heterocycles. The lowest BCUT2D eigenvalue weighted by Crippen LogP contribution is -2.30. The summed E-state index contributed by atoms with van der Waals surface area (Å²) in [6.45, 7) is 4.93. The highest BCUT2D eigenvalue weighted by Crippen LogP contribution is 2.34. The first-order valence-electron chi connectivity index (χ1n) is 11.0. The lowest BCUT2D eigenvalue weighted by molar-refractivity contribution is 0.0735. The van der Waals surface area contributed by atoms with Gasteiger partial charge in [0.15, 0.2) is 5.84 Å². The van der Waals surface area contributed by atoms with Crippen LogP contribution in [0, 0.1) is 13.8 Å². The third-order valence-electron chi connectivity index (χ3n) is 6.46. The van der Waals surface area contributed by atoms with Crippen LogP contribution < -0.4 is 5.32 Å². The van der Waals surface area contributed by atoms with E-state index in [1.54, 1.807) is 48.5 Å². The van der Waals surface area contributed by atoms with Gasteiger partial charge in [-0.2, -0.15) is 8.42 Å². The zero-order valence-electron chi connectivity index (χ0n) is 18.6. The van der Waals surface area contributed by atoms with Crippen molar-refractivity contribution >= 4 is 27.5 Å². The standard InChI is InChI=1S/C26H25N3O3S/c1-17-9-10-20(16-18(17)2)23-7-5-15-29(23)26(30)19-11-13-21(14-12-19)27-25-22-6-3-4-8-24(22)33(31,32)28-25/h3-4,6,8-14,16,23H,5,7,15H2,1-2H3,(H,27,28). The average molecular weight is 460 g/mol. The lowest BCUT2D eigenvalue weighted by Gasteiger charge is -2.26. The van der Waals surface area contributed by atoms with Crippen LogP contribution in [0.4, 0.5) is 5.69 Å². The minimum absolute atomic E-state index is 0.00779. The largest absolute Gasteiger partial charge is 0.339 e. The number of amides is 1. The van der Waals surface area contributed by atoms with Crippen molar-refractivity contribution in [2.24, 2.45) is 4.40 Å². The van der Waals surface area contributed by atoms with Gasteiger partial charge in [-0.25, -0.2) is 0 Å². The molecule has 0 aliphatic carbocycles. The molecule has 0 bridgehead atoms. The fourth-order valence-electron chi connectivity index (χ4n) is 4.52. The second kappa shape index (κ2) is 8.15. The zero-order valence-corrected chi connectivity index (χ0v) is 19.4. The van der Waals surface area contributed by atoms with Gasteiger partial charge in [0.2, 0.25) is 0 Å². The molecule has 1 N–H and O–H groups in total. The quantitative estimate of drug-likeness (QED) is 0.608. The molecule has 0 radical (unpaired) electrons. The predicted octanol–water partition coefficient (Wildman–Crippen LogP) is 4.84. The van der Waals surface area contributed by atoms with Crippen LogP contribution in [-0.4, -0.2) is 31.6 Å². The smallest absolute Gasteiger partial charge is 0.285 e. The minimum Gasteiger partial charge on any atom is -0.339 e. The molecule has 0 saturated carbocycles. The number of sulfonamides is 1. The molecule has 0 spiro atoms. The number of carbonyl (C=O) groups excluding carboxylic acids is 1. The van der Waals surface area contributed by atoms with Crippen molar-refractivity contribution in [3.05, 3.63) is 94.5 Å². The molecule has 1 saturated heterocycles. The van der Waals surface area contributed by atoms with E-state index in [1.807, 2.05) is 4.90 Å². The monoisotopic (exact) mass is 459 g/mol. The lowest BCUT2D eigenvalue weighted by atomic mass is 9.99. The molecule has 1 unspecified atom stereocenters. The molecule has 2 aliphatic rings. The number of anilines is 1. The summed E-state index contributed by atoms with van der Waals surface area (Å²) in [6, 6.07) is 20.4. The maximum Gasteiger partial charge on any atom is 0.285 e. The van der Waals surface area contributed by atoms with Crippen molar-refractivity contribution < 1.29 is 13.2 Å². The number of nitrogens with zero attached hydrogens (tertiary/aromatic N) is 2. The van der Waals surface area contributed by atoms with Crippen LogP contribution >= 0.6 is 0 Å². The number of hydrogen-bond donors (Lipinski definition) is 1. The Morgan fingerprint density at radius 2 is 1.76 bits per heavy atom. The molecular weight excluding hydrogens is 434 g/mol. The number of rotatable bonds is 3. The molecule has 5 rings (SSSR count). The first-order valence-corrected chi connectivity index (χ1v) is 12.5.